The summed E-state index contributed by atoms with van der Waals surface area (Å²) in [6.45, 7) is 1.59. The Bertz CT molecular complexity index is 1120. The zero-order chi connectivity index (χ0) is 23.7. The minimum absolute atomic E-state index is 0.176. The average Bonchev–Trinajstić information content (AvgIpc) is 3.03. The lowest BCUT2D eigenvalue weighted by atomic mass is 9.76. The van der Waals surface area contributed by atoms with Gasteiger partial charge >= 0.3 is 5.97 Å². The molecule has 4 rings (SSSR count). The van der Waals surface area contributed by atoms with Gasteiger partial charge in [0.15, 0.2) is 6.61 Å². The van der Waals surface area contributed by atoms with Crippen LogP contribution in [-0.2, 0) is 19.1 Å². The first-order valence-corrected chi connectivity index (χ1v) is 11.4. The van der Waals surface area contributed by atoms with E-state index in [-0.39, 0.29) is 34.2 Å². The number of benzene rings is 2. The second-order valence-electron chi connectivity index (χ2n) is 8.44. The van der Waals surface area contributed by atoms with E-state index in [2.05, 4.69) is 12.2 Å². The molecule has 3 amide bonds. The number of carbonyl (C=O) groups is 4. The molecule has 2 aliphatic rings. The van der Waals surface area contributed by atoms with Gasteiger partial charge in [0.2, 0.25) is 11.8 Å². The molecule has 172 valence electrons. The number of nitrogens with zero attached hydrogens (tertiary/aromatic N) is 1. The van der Waals surface area contributed by atoms with Crippen molar-refractivity contribution < 1.29 is 23.9 Å². The summed E-state index contributed by atoms with van der Waals surface area (Å²) in [5, 5.41) is 3.23. The largest absolute Gasteiger partial charge is 0.452 e. The lowest BCUT2D eigenvalue weighted by molar-refractivity contribution is -0.122. The lowest BCUT2D eigenvalue weighted by Crippen LogP contribution is -2.30. The molecule has 0 spiro atoms. The van der Waals surface area contributed by atoms with E-state index in [0.717, 1.165) is 19.3 Å². The zero-order valence-electron chi connectivity index (χ0n) is 17.8. The van der Waals surface area contributed by atoms with Gasteiger partial charge in [-0.05, 0) is 67.6 Å². The quantitative estimate of drug-likeness (QED) is 0.485. The summed E-state index contributed by atoms with van der Waals surface area (Å²) < 4.78 is 5.05. The summed E-state index contributed by atoms with van der Waals surface area (Å²) in [5.41, 5.74) is 0.973. The van der Waals surface area contributed by atoms with E-state index in [4.69, 9.17) is 27.9 Å². The third-order valence-electron chi connectivity index (χ3n) is 6.09. The standard InChI is InChI=1S/C24H22Cl2N2O5/c1-13-2-8-17-18(10-13)23(31)28(22(17)30)16-6-3-14(4-7-16)24(32)33-12-21(29)27-20-9-5-15(25)11-19(20)26/h3-7,9,11,13,17-18H,2,8,10,12H2,1H3,(H,27,29)/t13-,17+,18+/m1/s1. The van der Waals surface area contributed by atoms with Crippen LogP contribution in [-0.4, -0.2) is 30.3 Å². The highest BCUT2D eigenvalue weighted by Gasteiger charge is 2.49. The maximum atomic E-state index is 12.8. The highest BCUT2D eigenvalue weighted by Crippen LogP contribution is 2.42. The summed E-state index contributed by atoms with van der Waals surface area (Å²) in [6.07, 6.45) is 2.39. The Morgan fingerprint density at radius 3 is 2.42 bits per heavy atom. The number of rotatable bonds is 5. The summed E-state index contributed by atoms with van der Waals surface area (Å²) >= 11 is 11.8. The Balaban J connectivity index is 1.36. The topological polar surface area (TPSA) is 92.8 Å². The van der Waals surface area contributed by atoms with Crippen LogP contribution in [0.2, 0.25) is 10.0 Å². The predicted octanol–water partition coefficient (Wildman–Crippen LogP) is 4.71. The number of halogens is 2. The molecule has 1 saturated heterocycles. The molecule has 1 N–H and O–H groups in total. The van der Waals surface area contributed by atoms with Crippen LogP contribution in [0.25, 0.3) is 0 Å². The third kappa shape index (κ3) is 4.89. The van der Waals surface area contributed by atoms with Crippen LogP contribution in [0, 0.1) is 17.8 Å². The summed E-state index contributed by atoms with van der Waals surface area (Å²) in [5.74, 6) is -1.72. The number of hydrogen-bond acceptors (Lipinski definition) is 5. The Labute approximate surface area is 201 Å². The molecule has 0 unspecified atom stereocenters. The van der Waals surface area contributed by atoms with Crippen molar-refractivity contribution in [3.63, 3.8) is 0 Å². The van der Waals surface area contributed by atoms with Crippen LogP contribution in [0.4, 0.5) is 11.4 Å². The molecule has 3 atom stereocenters. The van der Waals surface area contributed by atoms with Gasteiger partial charge in [0, 0.05) is 5.02 Å². The van der Waals surface area contributed by atoms with Gasteiger partial charge in [0.25, 0.3) is 5.91 Å². The van der Waals surface area contributed by atoms with E-state index in [1.165, 1.54) is 23.1 Å². The Kier molecular flexibility index (Phi) is 6.72. The Morgan fingerprint density at radius 2 is 1.73 bits per heavy atom. The average molecular weight is 489 g/mol. The van der Waals surface area contributed by atoms with Gasteiger partial charge < -0.3 is 10.1 Å². The fourth-order valence-corrected chi connectivity index (χ4v) is 4.84. The van der Waals surface area contributed by atoms with Crippen molar-refractivity contribution in [1.29, 1.82) is 0 Å². The van der Waals surface area contributed by atoms with E-state index in [0.29, 0.717) is 22.3 Å². The van der Waals surface area contributed by atoms with Crippen molar-refractivity contribution in [2.75, 3.05) is 16.8 Å². The van der Waals surface area contributed by atoms with Gasteiger partial charge in [-0.15, -0.1) is 0 Å². The predicted molar refractivity (Wildman–Crippen MR) is 124 cm³/mol. The number of imide groups is 1. The third-order valence-corrected chi connectivity index (χ3v) is 6.64. The Morgan fingerprint density at radius 1 is 1.03 bits per heavy atom. The molecule has 2 aromatic rings. The number of esters is 1. The van der Waals surface area contributed by atoms with E-state index < -0.39 is 18.5 Å². The first-order valence-electron chi connectivity index (χ1n) is 10.6. The number of nitrogens with one attached hydrogen (secondary N) is 1. The van der Waals surface area contributed by atoms with Gasteiger partial charge in [-0.3, -0.25) is 19.3 Å². The van der Waals surface area contributed by atoms with Gasteiger partial charge in [-0.2, -0.15) is 0 Å². The highest BCUT2D eigenvalue weighted by molar-refractivity contribution is 6.36. The summed E-state index contributed by atoms with van der Waals surface area (Å²) in [4.78, 5) is 51.3. The van der Waals surface area contributed by atoms with E-state index in [1.54, 1.807) is 24.3 Å². The molecule has 1 heterocycles. The van der Waals surface area contributed by atoms with Gasteiger partial charge in [0.05, 0.1) is 33.8 Å². The van der Waals surface area contributed by atoms with Crippen molar-refractivity contribution in [3.8, 4) is 0 Å². The van der Waals surface area contributed by atoms with Gasteiger partial charge in [-0.1, -0.05) is 30.1 Å². The minimum Gasteiger partial charge on any atom is -0.452 e. The van der Waals surface area contributed by atoms with Crippen LogP contribution >= 0.6 is 23.2 Å². The first-order chi connectivity index (χ1) is 15.7. The number of ether oxygens (including phenoxy) is 1. The van der Waals surface area contributed by atoms with E-state index >= 15 is 0 Å². The number of anilines is 2. The maximum Gasteiger partial charge on any atom is 0.338 e. The number of fused-ring (bicyclic) bond motifs is 1. The number of carbonyl (C=O) groups excluding carboxylic acids is 4. The number of amides is 3. The van der Waals surface area contributed by atoms with Crippen LogP contribution in [0.5, 0.6) is 0 Å². The monoisotopic (exact) mass is 488 g/mol. The Hall–Kier alpha value is -2.90. The van der Waals surface area contributed by atoms with Crippen molar-refractivity contribution in [2.45, 2.75) is 26.2 Å². The van der Waals surface area contributed by atoms with Crippen molar-refractivity contribution in [2.24, 2.45) is 17.8 Å². The number of hydrogen-bond donors (Lipinski definition) is 1. The van der Waals surface area contributed by atoms with Crippen LogP contribution in [0.3, 0.4) is 0 Å². The van der Waals surface area contributed by atoms with Crippen molar-refractivity contribution in [1.82, 2.24) is 0 Å². The molecule has 1 aliphatic heterocycles. The normalized spacial score (nSPS) is 22.2. The lowest BCUT2D eigenvalue weighted by Gasteiger charge is -2.25. The minimum atomic E-state index is -0.708. The first kappa shape index (κ1) is 23.3. The molecule has 0 aromatic heterocycles. The fraction of sp³-hybridized carbons (Fsp3) is 0.333. The van der Waals surface area contributed by atoms with E-state index in [1.807, 2.05) is 0 Å². The molecule has 9 heteroatoms. The summed E-state index contributed by atoms with van der Waals surface area (Å²) in [7, 11) is 0. The van der Waals surface area contributed by atoms with Crippen molar-refractivity contribution >= 4 is 58.3 Å². The molecule has 2 aromatic carbocycles. The molecule has 7 nitrogen and oxygen atoms in total. The van der Waals surface area contributed by atoms with Gasteiger partial charge in [-0.25, -0.2) is 4.79 Å². The second-order valence-corrected chi connectivity index (χ2v) is 9.28. The van der Waals surface area contributed by atoms with Crippen LogP contribution < -0.4 is 10.2 Å². The molecule has 0 bridgehead atoms. The smallest absolute Gasteiger partial charge is 0.338 e. The molecule has 1 aliphatic carbocycles. The SMILES string of the molecule is C[C@@H]1CC[C@@H]2C(=O)N(c3ccc(C(=O)OCC(=O)Nc4ccc(Cl)cc4Cl)cc3)C(=O)[C@H]2C1. The molecular formula is C24H22Cl2N2O5. The van der Waals surface area contributed by atoms with Crippen molar-refractivity contribution in [3.05, 3.63) is 58.1 Å². The maximum absolute atomic E-state index is 12.8. The van der Waals surface area contributed by atoms with E-state index in [9.17, 15) is 19.2 Å². The van der Waals surface area contributed by atoms with Crippen LogP contribution in [0.15, 0.2) is 42.5 Å². The molecule has 33 heavy (non-hydrogen) atoms. The second kappa shape index (κ2) is 9.53. The van der Waals surface area contributed by atoms with Crippen LogP contribution in [0.1, 0.15) is 36.5 Å². The molecular weight excluding hydrogens is 467 g/mol. The fourth-order valence-electron chi connectivity index (χ4n) is 4.38. The molecule has 2 fully saturated rings. The zero-order valence-corrected chi connectivity index (χ0v) is 19.4. The molecule has 1 saturated carbocycles. The summed E-state index contributed by atoms with van der Waals surface area (Å²) in [6, 6.07) is 10.6. The molecule has 0 radical (unpaired) electrons. The highest BCUT2D eigenvalue weighted by atomic mass is 35.5. The van der Waals surface area contributed by atoms with Gasteiger partial charge in [0.1, 0.15) is 0 Å².